The molecule has 0 spiro atoms. The van der Waals surface area contributed by atoms with Gasteiger partial charge in [-0.05, 0) is 18.2 Å². The molecule has 1 unspecified atom stereocenters. The molecule has 25 heavy (non-hydrogen) atoms. The molecule has 0 aliphatic carbocycles. The van der Waals surface area contributed by atoms with Crippen LogP contribution in [0.5, 0.6) is 0 Å². The topological polar surface area (TPSA) is 87.2 Å². The maximum atomic E-state index is 13.9. The summed E-state index contributed by atoms with van der Waals surface area (Å²) in [5.74, 6) is -2.75. The first-order valence-electron chi connectivity index (χ1n) is 7.61. The number of halogens is 2. The molecule has 1 aromatic carbocycles. The van der Waals surface area contributed by atoms with Gasteiger partial charge in [0.25, 0.3) is 5.91 Å². The van der Waals surface area contributed by atoms with Gasteiger partial charge in [0.15, 0.2) is 0 Å². The molecule has 0 bridgehead atoms. The molecular weight excluding hydrogens is 355 g/mol. The molecule has 0 aromatic heterocycles. The van der Waals surface area contributed by atoms with Crippen LogP contribution in [0.25, 0.3) is 0 Å². The van der Waals surface area contributed by atoms with Crippen LogP contribution in [-0.4, -0.2) is 71.6 Å². The molecule has 0 saturated carbocycles. The second-order valence-corrected chi connectivity index (χ2v) is 6.10. The lowest BCUT2D eigenvalue weighted by Crippen LogP contribution is -2.51. The first kappa shape index (κ1) is 19.1. The third-order valence-corrected chi connectivity index (χ3v) is 4.02. The van der Waals surface area contributed by atoms with Crippen molar-refractivity contribution in [2.75, 3.05) is 32.8 Å². The number of carboxylic acids is 1. The van der Waals surface area contributed by atoms with Crippen molar-refractivity contribution in [3.63, 3.8) is 0 Å². The minimum atomic E-state index is -1.14. The normalized spacial score (nSPS) is 17.2. The summed E-state index contributed by atoms with van der Waals surface area (Å²) in [4.78, 5) is 37.4. The van der Waals surface area contributed by atoms with Crippen LogP contribution in [0.2, 0.25) is 5.02 Å². The van der Waals surface area contributed by atoms with Crippen LogP contribution >= 0.6 is 11.6 Å². The minimum absolute atomic E-state index is 0.0312. The summed E-state index contributed by atoms with van der Waals surface area (Å²) < 4.78 is 19.4. The zero-order valence-electron chi connectivity index (χ0n) is 13.6. The molecule has 1 aliphatic heterocycles. The molecule has 2 rings (SSSR count). The predicted molar refractivity (Wildman–Crippen MR) is 86.9 cm³/mol. The number of hydrogen-bond donors (Lipinski definition) is 1. The Morgan fingerprint density at radius 2 is 2.16 bits per heavy atom. The highest BCUT2D eigenvalue weighted by molar-refractivity contribution is 6.31. The van der Waals surface area contributed by atoms with Crippen LogP contribution in [0, 0.1) is 5.82 Å². The molecule has 1 aromatic rings. The second-order valence-electron chi connectivity index (χ2n) is 5.66. The molecule has 1 fully saturated rings. The van der Waals surface area contributed by atoms with E-state index in [0.717, 1.165) is 11.0 Å². The van der Waals surface area contributed by atoms with E-state index < -0.39 is 36.2 Å². The van der Waals surface area contributed by atoms with Crippen LogP contribution in [0.4, 0.5) is 4.39 Å². The predicted octanol–water partition coefficient (Wildman–Crippen LogP) is 1.25. The van der Waals surface area contributed by atoms with E-state index in [1.807, 2.05) is 0 Å². The number of amides is 2. The number of carbonyl (C=O) groups is 3. The van der Waals surface area contributed by atoms with E-state index in [2.05, 4.69) is 0 Å². The minimum Gasteiger partial charge on any atom is -0.480 e. The highest BCUT2D eigenvalue weighted by atomic mass is 35.5. The van der Waals surface area contributed by atoms with Crippen molar-refractivity contribution < 1.29 is 28.6 Å². The van der Waals surface area contributed by atoms with Crippen LogP contribution in [-0.2, 0) is 14.3 Å². The summed E-state index contributed by atoms with van der Waals surface area (Å²) in [7, 11) is 0. The van der Waals surface area contributed by atoms with Crippen molar-refractivity contribution in [3.8, 4) is 0 Å². The van der Waals surface area contributed by atoms with Gasteiger partial charge in [-0.1, -0.05) is 11.6 Å². The third kappa shape index (κ3) is 5.14. The Labute approximate surface area is 148 Å². The lowest BCUT2D eigenvalue weighted by atomic mass is 10.1. The summed E-state index contributed by atoms with van der Waals surface area (Å²) in [6.45, 7) is 1.43. The molecule has 1 aliphatic rings. The number of morpholine rings is 1. The van der Waals surface area contributed by atoms with Crippen LogP contribution in [0.3, 0.4) is 0 Å². The summed E-state index contributed by atoms with van der Waals surface area (Å²) in [6.07, 6.45) is -0.553. The van der Waals surface area contributed by atoms with Crippen LogP contribution < -0.4 is 0 Å². The Morgan fingerprint density at radius 3 is 2.80 bits per heavy atom. The number of carboxylic acid groups (broad SMARTS) is 1. The number of rotatable bonds is 5. The van der Waals surface area contributed by atoms with E-state index in [0.29, 0.717) is 0 Å². The number of carbonyl (C=O) groups excluding carboxylic acids is 2. The zero-order chi connectivity index (χ0) is 18.6. The lowest BCUT2D eigenvalue weighted by Gasteiger charge is -2.35. The molecular formula is C16H18ClFN2O5. The Hall–Kier alpha value is -2.19. The summed E-state index contributed by atoms with van der Waals surface area (Å²) in [6, 6.07) is 3.74. The van der Waals surface area contributed by atoms with Gasteiger partial charge in [0, 0.05) is 31.6 Å². The Morgan fingerprint density at radius 1 is 1.44 bits per heavy atom. The van der Waals surface area contributed by atoms with Gasteiger partial charge in [0.1, 0.15) is 12.4 Å². The maximum Gasteiger partial charge on any atom is 0.323 e. The van der Waals surface area contributed by atoms with Crippen molar-refractivity contribution in [1.82, 2.24) is 9.80 Å². The highest BCUT2D eigenvalue weighted by Gasteiger charge is 2.29. The summed E-state index contributed by atoms with van der Waals surface area (Å²) in [5.41, 5.74) is -0.137. The first-order chi connectivity index (χ1) is 11.8. The molecule has 1 heterocycles. The Kier molecular flexibility index (Phi) is 6.33. The van der Waals surface area contributed by atoms with Crippen molar-refractivity contribution in [2.24, 2.45) is 0 Å². The smallest absolute Gasteiger partial charge is 0.323 e. The van der Waals surface area contributed by atoms with Gasteiger partial charge in [0.2, 0.25) is 5.91 Å². The maximum absolute atomic E-state index is 13.9. The van der Waals surface area contributed by atoms with E-state index >= 15 is 0 Å². The fourth-order valence-electron chi connectivity index (χ4n) is 2.56. The molecule has 0 radical (unpaired) electrons. The average Bonchev–Trinajstić information content (AvgIpc) is 2.55. The fourth-order valence-corrected chi connectivity index (χ4v) is 2.73. The van der Waals surface area contributed by atoms with Gasteiger partial charge in [-0.2, -0.15) is 0 Å². The molecule has 9 heteroatoms. The van der Waals surface area contributed by atoms with Gasteiger partial charge in [-0.15, -0.1) is 0 Å². The third-order valence-electron chi connectivity index (χ3n) is 3.78. The summed E-state index contributed by atoms with van der Waals surface area (Å²) >= 11 is 5.82. The second kappa shape index (κ2) is 8.26. The van der Waals surface area contributed by atoms with E-state index in [-0.39, 0.29) is 36.8 Å². The van der Waals surface area contributed by atoms with Crippen molar-refractivity contribution in [2.45, 2.75) is 13.0 Å². The number of benzene rings is 1. The number of nitrogens with zero attached hydrogens (tertiary/aromatic N) is 2. The molecule has 7 nitrogen and oxygen atoms in total. The van der Waals surface area contributed by atoms with Gasteiger partial charge >= 0.3 is 5.97 Å². The Bertz CT molecular complexity index is 684. The van der Waals surface area contributed by atoms with E-state index in [1.165, 1.54) is 24.0 Å². The molecule has 2 amide bonds. The standard InChI is InChI=1S/C16H18ClFN2O5/c1-10(21)20(9-15(22)23)8-12-7-19(4-5-25-12)16(24)13-6-11(17)2-3-14(13)18/h2-3,6,12H,4-5,7-9H2,1H3,(H,22,23). The SMILES string of the molecule is CC(=O)N(CC(=O)O)CC1CN(C(=O)c2cc(Cl)ccc2F)CCO1. The number of aliphatic carboxylic acids is 1. The largest absolute Gasteiger partial charge is 0.480 e. The molecule has 1 atom stereocenters. The lowest BCUT2D eigenvalue weighted by molar-refractivity contribution is -0.145. The first-order valence-corrected chi connectivity index (χ1v) is 7.99. The quantitative estimate of drug-likeness (QED) is 0.840. The van der Waals surface area contributed by atoms with Gasteiger partial charge in [0.05, 0.1) is 18.3 Å². The average molecular weight is 373 g/mol. The Balaban J connectivity index is 2.07. The number of ether oxygens (including phenoxy) is 1. The van der Waals surface area contributed by atoms with Crippen molar-refractivity contribution in [1.29, 1.82) is 0 Å². The fraction of sp³-hybridized carbons (Fsp3) is 0.438. The molecule has 1 saturated heterocycles. The monoisotopic (exact) mass is 372 g/mol. The van der Waals surface area contributed by atoms with Crippen LogP contribution in [0.1, 0.15) is 17.3 Å². The van der Waals surface area contributed by atoms with E-state index in [4.69, 9.17) is 21.4 Å². The highest BCUT2D eigenvalue weighted by Crippen LogP contribution is 2.18. The van der Waals surface area contributed by atoms with E-state index in [9.17, 15) is 18.8 Å². The zero-order valence-corrected chi connectivity index (χ0v) is 14.3. The molecule has 136 valence electrons. The van der Waals surface area contributed by atoms with Crippen molar-refractivity contribution >= 4 is 29.4 Å². The summed E-state index contributed by atoms with van der Waals surface area (Å²) in [5, 5.41) is 9.10. The molecule has 1 N–H and O–H groups in total. The number of hydrogen-bond acceptors (Lipinski definition) is 4. The van der Waals surface area contributed by atoms with Gasteiger partial charge in [-0.3, -0.25) is 14.4 Å². The van der Waals surface area contributed by atoms with Gasteiger partial charge in [-0.25, -0.2) is 4.39 Å². The van der Waals surface area contributed by atoms with Crippen LogP contribution in [0.15, 0.2) is 18.2 Å². The van der Waals surface area contributed by atoms with Gasteiger partial charge < -0.3 is 19.6 Å². The van der Waals surface area contributed by atoms with E-state index in [1.54, 1.807) is 0 Å². The van der Waals surface area contributed by atoms with Crippen molar-refractivity contribution in [3.05, 3.63) is 34.6 Å².